The maximum absolute atomic E-state index is 13.2. The molecule has 0 heterocycles. The van der Waals surface area contributed by atoms with Crippen LogP contribution in [0, 0.1) is 22.6 Å². The highest BCUT2D eigenvalue weighted by atomic mass is 19.1. The molecule has 96 valence electrons. The van der Waals surface area contributed by atoms with Gasteiger partial charge in [-0.3, -0.25) is 0 Å². The molecule has 18 heavy (non-hydrogen) atoms. The van der Waals surface area contributed by atoms with Gasteiger partial charge in [0, 0.05) is 13.1 Å². The largest absolute Gasteiger partial charge is 0.312 e. The van der Waals surface area contributed by atoms with Crippen LogP contribution < -0.4 is 5.32 Å². The molecule has 0 aliphatic heterocycles. The monoisotopic (exact) mass is 246 g/mol. The zero-order chi connectivity index (χ0) is 13.0. The quantitative estimate of drug-likeness (QED) is 0.864. The number of halogens is 1. The third-order valence-electron chi connectivity index (χ3n) is 4.14. The van der Waals surface area contributed by atoms with Gasteiger partial charge in [-0.25, -0.2) is 4.39 Å². The second kappa shape index (κ2) is 5.49. The lowest BCUT2D eigenvalue weighted by Crippen LogP contribution is -2.39. The Morgan fingerprint density at radius 2 is 2.22 bits per heavy atom. The molecule has 0 radical (unpaired) electrons. The van der Waals surface area contributed by atoms with Crippen molar-refractivity contribution in [2.24, 2.45) is 5.41 Å². The highest BCUT2D eigenvalue weighted by molar-refractivity contribution is 5.34. The van der Waals surface area contributed by atoms with Gasteiger partial charge < -0.3 is 5.32 Å². The maximum atomic E-state index is 13.2. The molecule has 1 fully saturated rings. The van der Waals surface area contributed by atoms with Crippen molar-refractivity contribution < 1.29 is 4.39 Å². The lowest BCUT2D eigenvalue weighted by Gasteiger charge is -2.41. The molecule has 2 rings (SSSR count). The van der Waals surface area contributed by atoms with Gasteiger partial charge in [0.1, 0.15) is 11.9 Å². The summed E-state index contributed by atoms with van der Waals surface area (Å²) in [5, 5.41) is 12.2. The van der Waals surface area contributed by atoms with E-state index in [1.54, 1.807) is 12.1 Å². The van der Waals surface area contributed by atoms with Crippen LogP contribution in [0.1, 0.15) is 43.7 Å². The summed E-state index contributed by atoms with van der Waals surface area (Å²) in [7, 11) is 0. The Balaban J connectivity index is 1.89. The predicted molar refractivity (Wildman–Crippen MR) is 69.4 cm³/mol. The first-order chi connectivity index (χ1) is 8.69. The number of benzene rings is 1. The first-order valence-electron chi connectivity index (χ1n) is 6.58. The van der Waals surface area contributed by atoms with E-state index in [-0.39, 0.29) is 5.56 Å². The summed E-state index contributed by atoms with van der Waals surface area (Å²) < 4.78 is 13.2. The van der Waals surface area contributed by atoms with E-state index < -0.39 is 5.82 Å². The van der Waals surface area contributed by atoms with Gasteiger partial charge >= 0.3 is 0 Å². The van der Waals surface area contributed by atoms with Crippen LogP contribution >= 0.6 is 0 Å². The van der Waals surface area contributed by atoms with Crippen LogP contribution in [-0.2, 0) is 6.54 Å². The molecule has 1 aromatic carbocycles. The van der Waals surface area contributed by atoms with Crippen LogP contribution in [-0.4, -0.2) is 6.54 Å². The summed E-state index contributed by atoms with van der Waals surface area (Å²) in [5.41, 5.74) is 1.58. The third-order valence-corrected chi connectivity index (χ3v) is 4.14. The van der Waals surface area contributed by atoms with Crippen molar-refractivity contribution in [2.45, 2.75) is 39.2 Å². The summed E-state index contributed by atoms with van der Waals surface area (Å²) in [6, 6.07) is 6.61. The topological polar surface area (TPSA) is 35.8 Å². The minimum atomic E-state index is -0.440. The third kappa shape index (κ3) is 2.70. The Bertz CT molecular complexity index is 453. The predicted octanol–water partition coefficient (Wildman–Crippen LogP) is 3.37. The van der Waals surface area contributed by atoms with Crippen LogP contribution in [0.25, 0.3) is 0 Å². The fourth-order valence-corrected chi connectivity index (χ4v) is 2.57. The summed E-state index contributed by atoms with van der Waals surface area (Å²) in [5.74, 6) is -0.440. The normalized spacial score (nSPS) is 16.9. The molecule has 2 nitrogen and oxygen atoms in total. The van der Waals surface area contributed by atoms with Crippen molar-refractivity contribution in [3.8, 4) is 6.07 Å². The SMILES string of the molecule is CCC1(CNCc2ccc(F)c(C#N)c2)CCC1. The van der Waals surface area contributed by atoms with Gasteiger partial charge in [-0.1, -0.05) is 19.4 Å². The minimum absolute atomic E-state index is 0.128. The molecule has 1 aromatic rings. The van der Waals surface area contributed by atoms with E-state index in [0.29, 0.717) is 12.0 Å². The number of hydrogen-bond acceptors (Lipinski definition) is 2. The van der Waals surface area contributed by atoms with Crippen LogP contribution in [0.15, 0.2) is 18.2 Å². The van der Waals surface area contributed by atoms with Gasteiger partial charge in [0.25, 0.3) is 0 Å². The number of nitriles is 1. The fraction of sp³-hybridized carbons (Fsp3) is 0.533. The molecular weight excluding hydrogens is 227 g/mol. The van der Waals surface area contributed by atoms with E-state index in [4.69, 9.17) is 5.26 Å². The number of hydrogen-bond donors (Lipinski definition) is 1. The second-order valence-corrected chi connectivity index (χ2v) is 5.24. The smallest absolute Gasteiger partial charge is 0.140 e. The second-order valence-electron chi connectivity index (χ2n) is 5.24. The van der Waals surface area contributed by atoms with Crippen molar-refractivity contribution in [1.82, 2.24) is 5.32 Å². The number of nitrogens with zero attached hydrogens (tertiary/aromatic N) is 1. The van der Waals surface area contributed by atoms with Crippen molar-refractivity contribution in [2.75, 3.05) is 6.54 Å². The van der Waals surface area contributed by atoms with Crippen LogP contribution in [0.3, 0.4) is 0 Å². The van der Waals surface area contributed by atoms with Gasteiger partial charge in [0.2, 0.25) is 0 Å². The Hall–Kier alpha value is -1.40. The van der Waals surface area contributed by atoms with Gasteiger partial charge in [-0.15, -0.1) is 0 Å². The van der Waals surface area contributed by atoms with E-state index in [1.165, 1.54) is 31.7 Å². The highest BCUT2D eigenvalue weighted by Crippen LogP contribution is 2.43. The van der Waals surface area contributed by atoms with E-state index >= 15 is 0 Å². The molecule has 1 aliphatic rings. The van der Waals surface area contributed by atoms with Crippen LogP contribution in [0.5, 0.6) is 0 Å². The summed E-state index contributed by atoms with van der Waals surface area (Å²) >= 11 is 0. The van der Waals surface area contributed by atoms with E-state index in [0.717, 1.165) is 12.1 Å². The van der Waals surface area contributed by atoms with Crippen molar-refractivity contribution >= 4 is 0 Å². The standard InChI is InChI=1S/C15H19FN2/c1-2-15(6-3-7-15)11-18-10-12-4-5-14(16)13(8-12)9-17/h4-5,8,18H,2-3,6-7,10-11H2,1H3. The van der Waals surface area contributed by atoms with E-state index in [9.17, 15) is 4.39 Å². The Morgan fingerprint density at radius 3 is 2.78 bits per heavy atom. The molecule has 0 atom stereocenters. The van der Waals surface area contributed by atoms with Crippen LogP contribution in [0.4, 0.5) is 4.39 Å². The van der Waals surface area contributed by atoms with Gasteiger partial charge in [-0.2, -0.15) is 5.26 Å². The lowest BCUT2D eigenvalue weighted by molar-refractivity contribution is 0.124. The molecule has 0 aromatic heterocycles. The molecule has 0 amide bonds. The Labute approximate surface area is 108 Å². The zero-order valence-corrected chi connectivity index (χ0v) is 10.8. The highest BCUT2D eigenvalue weighted by Gasteiger charge is 2.34. The fourth-order valence-electron chi connectivity index (χ4n) is 2.57. The first kappa shape index (κ1) is 13.0. The molecule has 0 bridgehead atoms. The van der Waals surface area contributed by atoms with Gasteiger partial charge in [0.15, 0.2) is 0 Å². The molecule has 3 heteroatoms. The van der Waals surface area contributed by atoms with E-state index in [2.05, 4.69) is 12.2 Å². The average molecular weight is 246 g/mol. The Morgan fingerprint density at radius 1 is 1.44 bits per heavy atom. The van der Waals surface area contributed by atoms with Crippen molar-refractivity contribution in [3.63, 3.8) is 0 Å². The van der Waals surface area contributed by atoms with E-state index in [1.807, 2.05) is 6.07 Å². The Kier molecular flexibility index (Phi) is 3.98. The van der Waals surface area contributed by atoms with Gasteiger partial charge in [0.05, 0.1) is 5.56 Å². The average Bonchev–Trinajstić information content (AvgIpc) is 2.34. The number of rotatable bonds is 5. The molecule has 0 saturated heterocycles. The molecular formula is C15H19FN2. The lowest BCUT2D eigenvalue weighted by atomic mass is 9.67. The summed E-state index contributed by atoms with van der Waals surface area (Å²) in [6.45, 7) is 3.96. The first-order valence-corrected chi connectivity index (χ1v) is 6.58. The zero-order valence-electron chi connectivity index (χ0n) is 10.8. The molecule has 1 saturated carbocycles. The summed E-state index contributed by atoms with van der Waals surface area (Å²) in [4.78, 5) is 0. The molecule has 1 aliphatic carbocycles. The molecule has 0 spiro atoms. The maximum Gasteiger partial charge on any atom is 0.140 e. The number of nitrogens with one attached hydrogen (secondary N) is 1. The summed E-state index contributed by atoms with van der Waals surface area (Å²) in [6.07, 6.45) is 5.17. The molecule has 1 N–H and O–H groups in total. The minimum Gasteiger partial charge on any atom is -0.312 e. The molecule has 0 unspecified atom stereocenters. The van der Waals surface area contributed by atoms with Crippen molar-refractivity contribution in [1.29, 1.82) is 5.26 Å². The van der Waals surface area contributed by atoms with Crippen LogP contribution in [0.2, 0.25) is 0 Å². The van der Waals surface area contributed by atoms with Gasteiger partial charge in [-0.05, 0) is 42.4 Å². The van der Waals surface area contributed by atoms with Crippen molar-refractivity contribution in [3.05, 3.63) is 35.1 Å².